The Balaban J connectivity index is 1.70. The number of nitrogens with one attached hydrogen (secondary N) is 1. The summed E-state index contributed by atoms with van der Waals surface area (Å²) >= 11 is 0. The number of likely N-dealkylation sites (tertiary alicyclic amines) is 1. The number of nitrogens with zero attached hydrogens (tertiary/aromatic N) is 3. The molecule has 1 aliphatic rings. The molecule has 3 rings (SSSR count). The van der Waals surface area contributed by atoms with Crippen molar-refractivity contribution in [3.63, 3.8) is 0 Å². The molecule has 1 saturated heterocycles. The van der Waals surface area contributed by atoms with E-state index in [0.29, 0.717) is 5.92 Å². The van der Waals surface area contributed by atoms with Crippen molar-refractivity contribution in [3.05, 3.63) is 65.0 Å². The summed E-state index contributed by atoms with van der Waals surface area (Å²) in [4.78, 5) is 21.6. The van der Waals surface area contributed by atoms with Gasteiger partial charge in [0.2, 0.25) is 0 Å². The molecule has 5 heteroatoms. The van der Waals surface area contributed by atoms with Gasteiger partial charge in [0, 0.05) is 56.1 Å². The molecule has 144 valence electrons. The van der Waals surface area contributed by atoms with Crippen LogP contribution in [0.15, 0.2) is 42.7 Å². The highest BCUT2D eigenvalue weighted by Gasteiger charge is 2.34. The summed E-state index contributed by atoms with van der Waals surface area (Å²) in [6.07, 6.45) is 3.67. The van der Waals surface area contributed by atoms with E-state index in [1.54, 1.807) is 0 Å². The predicted molar refractivity (Wildman–Crippen MR) is 109 cm³/mol. The van der Waals surface area contributed by atoms with E-state index < -0.39 is 0 Å². The smallest absolute Gasteiger partial charge is 0.251 e. The molecule has 0 bridgehead atoms. The average Bonchev–Trinajstić information content (AvgIpc) is 2.95. The number of benzene rings is 1. The number of hydrogen-bond acceptors (Lipinski definition) is 4. The Morgan fingerprint density at radius 1 is 1.19 bits per heavy atom. The quantitative estimate of drug-likeness (QED) is 0.853. The molecule has 1 N–H and O–H groups in total. The summed E-state index contributed by atoms with van der Waals surface area (Å²) in [5, 5.41) is 3.31. The highest BCUT2D eigenvalue weighted by Crippen LogP contribution is 2.21. The largest absolute Gasteiger partial charge is 0.348 e. The number of rotatable bonds is 6. The number of carbonyl (C=O) groups excluding carboxylic acids is 1. The number of aromatic nitrogens is 1. The van der Waals surface area contributed by atoms with Gasteiger partial charge in [-0.15, -0.1) is 0 Å². The normalized spacial score (nSPS) is 20.2. The summed E-state index contributed by atoms with van der Waals surface area (Å²) < 4.78 is 0. The fourth-order valence-electron chi connectivity index (χ4n) is 3.97. The van der Waals surface area contributed by atoms with Crippen LogP contribution in [0.4, 0.5) is 0 Å². The predicted octanol–water partition coefficient (Wildman–Crippen LogP) is 2.49. The van der Waals surface area contributed by atoms with Crippen LogP contribution in [-0.4, -0.2) is 60.5 Å². The van der Waals surface area contributed by atoms with E-state index in [1.807, 2.05) is 31.5 Å². The van der Waals surface area contributed by atoms with Crippen molar-refractivity contribution < 1.29 is 4.79 Å². The fourth-order valence-corrected chi connectivity index (χ4v) is 3.97. The van der Waals surface area contributed by atoms with Gasteiger partial charge in [0.25, 0.3) is 5.91 Å². The van der Waals surface area contributed by atoms with Gasteiger partial charge in [-0.05, 0) is 57.3 Å². The second kappa shape index (κ2) is 8.63. The van der Waals surface area contributed by atoms with Crippen molar-refractivity contribution in [2.45, 2.75) is 26.4 Å². The Morgan fingerprint density at radius 2 is 1.93 bits per heavy atom. The van der Waals surface area contributed by atoms with Gasteiger partial charge in [0.05, 0.1) is 0 Å². The molecule has 0 radical (unpaired) electrons. The zero-order valence-corrected chi connectivity index (χ0v) is 16.8. The minimum atomic E-state index is 0.0343. The molecule has 0 saturated carbocycles. The van der Waals surface area contributed by atoms with E-state index in [0.717, 1.165) is 37.3 Å². The summed E-state index contributed by atoms with van der Waals surface area (Å²) in [6, 6.07) is 10.3. The van der Waals surface area contributed by atoms with Crippen LogP contribution in [-0.2, 0) is 6.54 Å². The summed E-state index contributed by atoms with van der Waals surface area (Å²) in [5.74, 6) is 0.448. The molecule has 1 aromatic carbocycles. The van der Waals surface area contributed by atoms with Gasteiger partial charge >= 0.3 is 0 Å². The Hall–Kier alpha value is -2.24. The van der Waals surface area contributed by atoms with Crippen molar-refractivity contribution in [1.82, 2.24) is 20.1 Å². The van der Waals surface area contributed by atoms with Crippen LogP contribution in [0, 0.1) is 19.8 Å². The number of pyridine rings is 1. The molecule has 1 amide bonds. The van der Waals surface area contributed by atoms with Crippen molar-refractivity contribution in [1.29, 1.82) is 0 Å². The highest BCUT2D eigenvalue weighted by molar-refractivity contribution is 5.95. The van der Waals surface area contributed by atoms with Gasteiger partial charge in [0.15, 0.2) is 0 Å². The van der Waals surface area contributed by atoms with Crippen molar-refractivity contribution >= 4 is 5.91 Å². The molecule has 2 aromatic rings. The first-order chi connectivity index (χ1) is 12.9. The van der Waals surface area contributed by atoms with Crippen LogP contribution in [0.5, 0.6) is 0 Å². The Morgan fingerprint density at radius 3 is 2.59 bits per heavy atom. The second-order valence-electron chi connectivity index (χ2n) is 7.97. The number of hydrogen-bond donors (Lipinski definition) is 1. The monoisotopic (exact) mass is 366 g/mol. The number of amides is 1. The maximum atomic E-state index is 12.9. The Labute approximate surface area is 162 Å². The molecule has 2 atom stereocenters. The third-order valence-electron chi connectivity index (χ3n) is 5.21. The lowest BCUT2D eigenvalue weighted by molar-refractivity contribution is 0.0926. The zero-order valence-electron chi connectivity index (χ0n) is 16.8. The highest BCUT2D eigenvalue weighted by atomic mass is 16.1. The maximum absolute atomic E-state index is 12.9. The molecule has 1 fully saturated rings. The third-order valence-corrected chi connectivity index (χ3v) is 5.21. The SMILES string of the molecule is Cc1ccc(C(=O)N[C@@H]2CN(Cc3ccncc3)C[C@H]2CN(C)C)c(C)c1. The minimum absolute atomic E-state index is 0.0343. The number of carbonyl (C=O) groups is 1. The van der Waals surface area contributed by atoms with Crippen molar-refractivity contribution in [2.24, 2.45) is 5.92 Å². The van der Waals surface area contributed by atoms with Gasteiger partial charge in [-0.25, -0.2) is 0 Å². The lowest BCUT2D eigenvalue weighted by Crippen LogP contribution is -2.43. The van der Waals surface area contributed by atoms with E-state index in [1.165, 1.54) is 11.1 Å². The van der Waals surface area contributed by atoms with E-state index in [2.05, 4.69) is 59.3 Å². The molecule has 27 heavy (non-hydrogen) atoms. The van der Waals surface area contributed by atoms with Gasteiger partial charge in [-0.2, -0.15) is 0 Å². The van der Waals surface area contributed by atoms with E-state index in [9.17, 15) is 4.79 Å². The summed E-state index contributed by atoms with van der Waals surface area (Å²) in [7, 11) is 4.18. The van der Waals surface area contributed by atoms with Gasteiger partial charge in [-0.1, -0.05) is 17.7 Å². The molecular formula is C22H30N4O. The second-order valence-corrected chi connectivity index (χ2v) is 7.97. The first-order valence-electron chi connectivity index (χ1n) is 9.56. The molecule has 5 nitrogen and oxygen atoms in total. The van der Waals surface area contributed by atoms with Crippen LogP contribution in [0.1, 0.15) is 27.0 Å². The van der Waals surface area contributed by atoms with Crippen LogP contribution in [0.25, 0.3) is 0 Å². The first kappa shape index (κ1) is 19.5. The van der Waals surface area contributed by atoms with Crippen molar-refractivity contribution in [2.75, 3.05) is 33.7 Å². The molecule has 0 aliphatic carbocycles. The topological polar surface area (TPSA) is 48.5 Å². The Kier molecular flexibility index (Phi) is 6.24. The average molecular weight is 367 g/mol. The minimum Gasteiger partial charge on any atom is -0.348 e. The van der Waals surface area contributed by atoms with Gasteiger partial charge < -0.3 is 10.2 Å². The van der Waals surface area contributed by atoms with Crippen LogP contribution in [0.2, 0.25) is 0 Å². The van der Waals surface area contributed by atoms with E-state index in [4.69, 9.17) is 0 Å². The molecule has 2 heterocycles. The van der Waals surface area contributed by atoms with Crippen LogP contribution in [0.3, 0.4) is 0 Å². The van der Waals surface area contributed by atoms with E-state index in [-0.39, 0.29) is 11.9 Å². The summed E-state index contributed by atoms with van der Waals surface area (Å²) in [6.45, 7) is 7.77. The zero-order chi connectivity index (χ0) is 19.4. The standard InChI is InChI=1S/C22H30N4O/c1-16-5-6-20(17(2)11-16)22(27)24-21-15-26(14-19(21)13-25(3)4)12-18-7-9-23-10-8-18/h5-11,19,21H,12-15H2,1-4H3,(H,24,27)/t19-,21-/m1/s1. The third kappa shape index (κ3) is 5.15. The van der Waals surface area contributed by atoms with Gasteiger partial charge in [0.1, 0.15) is 0 Å². The first-order valence-corrected chi connectivity index (χ1v) is 9.56. The molecule has 0 spiro atoms. The van der Waals surface area contributed by atoms with E-state index >= 15 is 0 Å². The number of aryl methyl sites for hydroxylation is 2. The van der Waals surface area contributed by atoms with Crippen LogP contribution < -0.4 is 5.32 Å². The van der Waals surface area contributed by atoms with Crippen molar-refractivity contribution in [3.8, 4) is 0 Å². The fraction of sp³-hybridized carbons (Fsp3) is 0.455. The lowest BCUT2D eigenvalue weighted by atomic mass is 10.0. The van der Waals surface area contributed by atoms with Gasteiger partial charge in [-0.3, -0.25) is 14.7 Å². The molecule has 1 aliphatic heterocycles. The summed E-state index contributed by atoms with van der Waals surface area (Å²) in [5.41, 5.74) is 4.24. The van der Waals surface area contributed by atoms with Crippen LogP contribution >= 0.6 is 0 Å². The Bertz CT molecular complexity index is 775. The molecular weight excluding hydrogens is 336 g/mol. The lowest BCUT2D eigenvalue weighted by Gasteiger charge is -2.23. The molecule has 1 aromatic heterocycles. The molecule has 0 unspecified atom stereocenters. The maximum Gasteiger partial charge on any atom is 0.251 e.